The van der Waals surface area contributed by atoms with Crippen LogP contribution in [0.25, 0.3) is 22.2 Å². The van der Waals surface area contributed by atoms with Crippen molar-refractivity contribution in [3.8, 4) is 11.3 Å². The fraction of sp³-hybridized carbons (Fsp3) is 0.250. The molecule has 3 aromatic rings. The van der Waals surface area contributed by atoms with Gasteiger partial charge in [0.25, 0.3) is 0 Å². The Morgan fingerprint density at radius 1 is 1.38 bits per heavy atom. The molecule has 0 unspecified atom stereocenters. The molecule has 1 N–H and O–H groups in total. The van der Waals surface area contributed by atoms with Crippen molar-refractivity contribution in [2.75, 3.05) is 0 Å². The SMILES string of the molecule is CCc1cc(-c2ccc(C(=O)O)c3oc(C)cc23)n(C)n1. The Balaban J connectivity index is 2.31. The van der Waals surface area contributed by atoms with E-state index in [4.69, 9.17) is 4.42 Å². The van der Waals surface area contributed by atoms with E-state index in [2.05, 4.69) is 12.0 Å². The molecule has 0 amide bonds. The van der Waals surface area contributed by atoms with Crippen LogP contribution in [-0.2, 0) is 13.5 Å². The molecule has 3 rings (SSSR count). The number of aromatic nitrogens is 2. The minimum absolute atomic E-state index is 0.180. The van der Waals surface area contributed by atoms with E-state index in [1.807, 2.05) is 36.9 Å². The molecule has 0 aliphatic rings. The summed E-state index contributed by atoms with van der Waals surface area (Å²) in [7, 11) is 1.89. The maximum Gasteiger partial charge on any atom is 0.339 e. The molecule has 0 atom stereocenters. The molecule has 0 spiro atoms. The summed E-state index contributed by atoms with van der Waals surface area (Å²) in [6, 6.07) is 7.30. The smallest absolute Gasteiger partial charge is 0.339 e. The van der Waals surface area contributed by atoms with Gasteiger partial charge in [-0.25, -0.2) is 4.79 Å². The van der Waals surface area contributed by atoms with E-state index in [0.29, 0.717) is 11.3 Å². The van der Waals surface area contributed by atoms with Gasteiger partial charge in [-0.3, -0.25) is 4.68 Å². The summed E-state index contributed by atoms with van der Waals surface area (Å²) < 4.78 is 7.40. The van der Waals surface area contributed by atoms with Crippen molar-refractivity contribution in [1.82, 2.24) is 9.78 Å². The number of carboxylic acid groups (broad SMARTS) is 1. The minimum Gasteiger partial charge on any atom is -0.478 e. The van der Waals surface area contributed by atoms with Crippen molar-refractivity contribution < 1.29 is 14.3 Å². The normalized spacial score (nSPS) is 11.2. The predicted octanol–water partition coefficient (Wildman–Crippen LogP) is 3.40. The molecule has 0 bridgehead atoms. The summed E-state index contributed by atoms with van der Waals surface area (Å²) in [5.74, 6) is -0.294. The average molecular weight is 284 g/mol. The van der Waals surface area contributed by atoms with Crippen molar-refractivity contribution >= 4 is 16.9 Å². The van der Waals surface area contributed by atoms with E-state index < -0.39 is 5.97 Å². The number of hydrogen-bond donors (Lipinski definition) is 1. The van der Waals surface area contributed by atoms with Gasteiger partial charge < -0.3 is 9.52 Å². The predicted molar refractivity (Wildman–Crippen MR) is 79.5 cm³/mol. The van der Waals surface area contributed by atoms with Crippen LogP contribution in [0.3, 0.4) is 0 Å². The Labute approximate surface area is 121 Å². The first kappa shape index (κ1) is 13.4. The summed E-state index contributed by atoms with van der Waals surface area (Å²) in [5.41, 5.74) is 3.48. The van der Waals surface area contributed by atoms with E-state index in [0.717, 1.165) is 28.8 Å². The van der Waals surface area contributed by atoms with Gasteiger partial charge >= 0.3 is 5.97 Å². The van der Waals surface area contributed by atoms with Crippen LogP contribution in [0, 0.1) is 6.92 Å². The molecular weight excluding hydrogens is 268 g/mol. The third kappa shape index (κ3) is 2.11. The Bertz CT molecular complexity index is 843. The fourth-order valence-electron chi connectivity index (χ4n) is 2.59. The fourth-order valence-corrected chi connectivity index (χ4v) is 2.59. The molecule has 2 heterocycles. The molecule has 0 saturated heterocycles. The van der Waals surface area contributed by atoms with Crippen LogP contribution in [0.5, 0.6) is 0 Å². The van der Waals surface area contributed by atoms with Gasteiger partial charge in [0.05, 0.1) is 11.4 Å². The Morgan fingerprint density at radius 3 is 2.76 bits per heavy atom. The molecule has 21 heavy (non-hydrogen) atoms. The summed E-state index contributed by atoms with van der Waals surface area (Å²) in [5, 5.41) is 14.5. The lowest BCUT2D eigenvalue weighted by Crippen LogP contribution is -1.98. The number of nitrogens with zero attached hydrogens (tertiary/aromatic N) is 2. The van der Waals surface area contributed by atoms with Crippen LogP contribution < -0.4 is 0 Å². The first-order chi connectivity index (χ1) is 10.0. The molecule has 0 saturated carbocycles. The van der Waals surface area contributed by atoms with E-state index in [1.165, 1.54) is 0 Å². The minimum atomic E-state index is -0.986. The highest BCUT2D eigenvalue weighted by molar-refractivity contribution is 6.06. The molecule has 0 aliphatic carbocycles. The quantitative estimate of drug-likeness (QED) is 0.800. The highest BCUT2D eigenvalue weighted by Gasteiger charge is 2.18. The standard InChI is InChI=1S/C16H16N2O3/c1-4-10-8-14(18(3)17-10)11-5-6-12(16(19)20)15-13(11)7-9(2)21-15/h5-8H,4H2,1-3H3,(H,19,20). The zero-order valence-electron chi connectivity index (χ0n) is 12.2. The van der Waals surface area contributed by atoms with Gasteiger partial charge in [0.2, 0.25) is 0 Å². The number of carboxylic acids is 1. The molecule has 5 nitrogen and oxygen atoms in total. The van der Waals surface area contributed by atoms with Gasteiger partial charge in [-0.1, -0.05) is 13.0 Å². The Kier molecular flexibility index (Phi) is 3.05. The molecule has 0 aliphatic heterocycles. The number of aromatic carboxylic acids is 1. The summed E-state index contributed by atoms with van der Waals surface area (Å²) in [4.78, 5) is 11.3. The third-order valence-electron chi connectivity index (χ3n) is 3.61. The summed E-state index contributed by atoms with van der Waals surface area (Å²) >= 11 is 0. The lowest BCUT2D eigenvalue weighted by Gasteiger charge is -2.05. The number of benzene rings is 1. The number of fused-ring (bicyclic) bond motifs is 1. The highest BCUT2D eigenvalue weighted by Crippen LogP contribution is 2.33. The first-order valence-electron chi connectivity index (χ1n) is 6.81. The van der Waals surface area contributed by atoms with Crippen molar-refractivity contribution in [3.63, 3.8) is 0 Å². The number of hydrogen-bond acceptors (Lipinski definition) is 3. The van der Waals surface area contributed by atoms with Gasteiger partial charge in [0, 0.05) is 18.0 Å². The highest BCUT2D eigenvalue weighted by atomic mass is 16.4. The maximum atomic E-state index is 11.3. The van der Waals surface area contributed by atoms with Gasteiger partial charge in [-0.15, -0.1) is 0 Å². The molecule has 0 fully saturated rings. The number of carbonyl (C=O) groups is 1. The average Bonchev–Trinajstić information content (AvgIpc) is 2.99. The van der Waals surface area contributed by atoms with Crippen LogP contribution >= 0.6 is 0 Å². The largest absolute Gasteiger partial charge is 0.478 e. The van der Waals surface area contributed by atoms with Gasteiger partial charge in [-0.2, -0.15) is 5.10 Å². The van der Waals surface area contributed by atoms with Gasteiger partial charge in [0.1, 0.15) is 16.9 Å². The third-order valence-corrected chi connectivity index (χ3v) is 3.61. The van der Waals surface area contributed by atoms with Gasteiger partial charge in [0.15, 0.2) is 0 Å². The molecule has 1 aromatic carbocycles. The zero-order valence-corrected chi connectivity index (χ0v) is 12.2. The van der Waals surface area contributed by atoms with Crippen molar-refractivity contribution in [3.05, 3.63) is 41.3 Å². The van der Waals surface area contributed by atoms with E-state index >= 15 is 0 Å². The second-order valence-electron chi connectivity index (χ2n) is 5.06. The molecular formula is C16H16N2O3. The maximum absolute atomic E-state index is 11.3. The van der Waals surface area contributed by atoms with E-state index in [1.54, 1.807) is 6.07 Å². The zero-order chi connectivity index (χ0) is 15.1. The number of aryl methyl sites for hydroxylation is 3. The van der Waals surface area contributed by atoms with Crippen molar-refractivity contribution in [2.24, 2.45) is 7.05 Å². The Morgan fingerprint density at radius 2 is 2.14 bits per heavy atom. The molecule has 2 aromatic heterocycles. The van der Waals surface area contributed by atoms with E-state index in [9.17, 15) is 9.90 Å². The van der Waals surface area contributed by atoms with Crippen LogP contribution in [-0.4, -0.2) is 20.9 Å². The van der Waals surface area contributed by atoms with E-state index in [-0.39, 0.29) is 5.56 Å². The van der Waals surface area contributed by atoms with Crippen molar-refractivity contribution in [2.45, 2.75) is 20.3 Å². The number of furan rings is 1. The number of rotatable bonds is 3. The lowest BCUT2D eigenvalue weighted by atomic mass is 10.0. The first-order valence-corrected chi connectivity index (χ1v) is 6.81. The van der Waals surface area contributed by atoms with Crippen LogP contribution in [0.4, 0.5) is 0 Å². The lowest BCUT2D eigenvalue weighted by molar-refractivity contribution is 0.0698. The summed E-state index contributed by atoms with van der Waals surface area (Å²) in [6.07, 6.45) is 0.856. The molecule has 0 radical (unpaired) electrons. The van der Waals surface area contributed by atoms with Gasteiger partial charge in [-0.05, 0) is 31.5 Å². The topological polar surface area (TPSA) is 68.3 Å². The summed E-state index contributed by atoms with van der Waals surface area (Å²) in [6.45, 7) is 3.87. The second-order valence-corrected chi connectivity index (χ2v) is 5.06. The van der Waals surface area contributed by atoms with Crippen molar-refractivity contribution in [1.29, 1.82) is 0 Å². The molecule has 108 valence electrons. The Hall–Kier alpha value is -2.56. The monoisotopic (exact) mass is 284 g/mol. The van der Waals surface area contributed by atoms with Crippen LogP contribution in [0.1, 0.15) is 28.7 Å². The van der Waals surface area contributed by atoms with Crippen LogP contribution in [0.2, 0.25) is 0 Å². The molecule has 5 heteroatoms. The second kappa shape index (κ2) is 4.77. The van der Waals surface area contributed by atoms with Crippen LogP contribution in [0.15, 0.2) is 28.7 Å².